The molecule has 4 saturated heterocycles. The number of nitrogens with one attached hydrogen (secondary N) is 2. The maximum atomic E-state index is 15.0. The predicted molar refractivity (Wildman–Crippen MR) is 295 cm³/mol. The molecule has 5 fully saturated rings. The topological polar surface area (TPSA) is 163 Å². The van der Waals surface area contributed by atoms with Crippen molar-refractivity contribution in [2.24, 2.45) is 23.2 Å². The first kappa shape index (κ1) is 53.4. The summed E-state index contributed by atoms with van der Waals surface area (Å²) in [7, 11) is 3.45. The fraction of sp³-hybridized carbons (Fsp3) is 0.617. The molecule has 11 rings (SSSR count). The minimum atomic E-state index is -1.05. The van der Waals surface area contributed by atoms with E-state index in [-0.39, 0.29) is 49.5 Å². The zero-order chi connectivity index (χ0) is 53.9. The number of pyridine rings is 1. The highest BCUT2D eigenvalue weighted by Gasteiger charge is 2.45. The number of likely N-dealkylation sites (N-methyl/N-ethyl adjacent to an activating group) is 1. The first-order valence-electron chi connectivity index (χ1n) is 28.6. The Labute approximate surface area is 454 Å². The lowest BCUT2D eigenvalue weighted by atomic mass is 9.84. The van der Waals surface area contributed by atoms with Crippen LogP contribution in [-0.2, 0) is 52.8 Å². The largest absolute Gasteiger partial charge is 0.492 e. The van der Waals surface area contributed by atoms with E-state index in [9.17, 15) is 14.4 Å². The molecule has 7 aliphatic rings. The van der Waals surface area contributed by atoms with Crippen LogP contribution in [0.4, 0.5) is 5.69 Å². The van der Waals surface area contributed by atoms with Crippen LogP contribution in [0.2, 0.25) is 0 Å². The van der Waals surface area contributed by atoms with Crippen molar-refractivity contribution in [1.82, 2.24) is 40.0 Å². The van der Waals surface area contributed by atoms with Crippen molar-refractivity contribution in [2.75, 3.05) is 91.3 Å². The van der Waals surface area contributed by atoms with Gasteiger partial charge in [-0.05, 0) is 117 Å². The van der Waals surface area contributed by atoms with E-state index in [4.69, 9.17) is 23.9 Å². The third kappa shape index (κ3) is 10.8. The minimum absolute atomic E-state index is 0.113. The number of esters is 1. The normalized spacial score (nSPS) is 26.6. The van der Waals surface area contributed by atoms with Gasteiger partial charge in [-0.3, -0.25) is 39.0 Å². The first-order valence-corrected chi connectivity index (χ1v) is 28.6. The molecular weight excluding hydrogens is 975 g/mol. The number of rotatable bonds is 9. The monoisotopic (exact) mass is 1060 g/mol. The van der Waals surface area contributed by atoms with Crippen LogP contribution in [0.25, 0.3) is 33.3 Å². The van der Waals surface area contributed by atoms with Crippen LogP contribution in [-0.4, -0.2) is 170 Å². The summed E-state index contributed by atoms with van der Waals surface area (Å²) in [6, 6.07) is 13.0. The van der Waals surface area contributed by atoms with Gasteiger partial charge in [0.15, 0.2) is 0 Å². The number of carbonyl (C=O) groups excluding carboxylic acids is 4. The fourth-order valence-electron chi connectivity index (χ4n) is 13.3. The number of hydrogen-bond donors (Lipinski definition) is 2. The summed E-state index contributed by atoms with van der Waals surface area (Å²) in [4.78, 5) is 73.3. The maximum Gasteiger partial charge on any atom is 0.324 e. The predicted octanol–water partition coefficient (Wildman–Crippen LogP) is 6.24. The van der Waals surface area contributed by atoms with Crippen LogP contribution in [0.1, 0.15) is 96.6 Å². The first-order chi connectivity index (χ1) is 37.1. The van der Waals surface area contributed by atoms with Crippen LogP contribution in [0.15, 0.2) is 48.7 Å². The molecule has 0 unspecified atom stereocenters. The van der Waals surface area contributed by atoms with E-state index in [0.29, 0.717) is 63.7 Å². The third-order valence-electron chi connectivity index (χ3n) is 17.7. The molecule has 1 aliphatic carbocycles. The summed E-state index contributed by atoms with van der Waals surface area (Å²) >= 11 is 0. The Morgan fingerprint density at radius 3 is 2.36 bits per heavy atom. The van der Waals surface area contributed by atoms with Gasteiger partial charge in [-0.1, -0.05) is 39.8 Å². The van der Waals surface area contributed by atoms with Crippen molar-refractivity contribution < 1.29 is 38.1 Å². The second-order valence-electron chi connectivity index (χ2n) is 24.3. The standard InChI is InChI=1S/C60H81N9O8/c1-9-68-51-15-12-40-27-46(51)48(55(68)47-28-43(30-61-53(47)37(4)74-8)66-21-19-65(20-22-66)42-13-14-42)29-60(5,6)35-77-59(73)49-11-10-17-69(63-49)58(72)50-25-38-23-41(40)26-44(24-38)76-34-52-45(16-18-67(52)31-39-32-75-33-39)57(71)64(7)54(36(2)3)56(70)62-50/h12,15,23-24,26-28,30,36-37,39,42,45,49-50,52,54,63H,9-11,13-14,16-22,25,29,31-35H2,1-8H3,(H,62,70)/t37-,45-,49-,50-,52+,54-/m0/s1. The van der Waals surface area contributed by atoms with Crippen molar-refractivity contribution in [1.29, 1.82) is 0 Å². The number of aromatic nitrogens is 2. The van der Waals surface area contributed by atoms with Gasteiger partial charge >= 0.3 is 5.97 Å². The molecule has 17 nitrogen and oxygen atoms in total. The fourth-order valence-corrected chi connectivity index (χ4v) is 13.3. The van der Waals surface area contributed by atoms with Gasteiger partial charge < -0.3 is 38.6 Å². The smallest absolute Gasteiger partial charge is 0.324 e. The van der Waals surface area contributed by atoms with Gasteiger partial charge in [0.2, 0.25) is 11.8 Å². The third-order valence-corrected chi connectivity index (χ3v) is 17.7. The van der Waals surface area contributed by atoms with Gasteiger partial charge in [-0.15, -0.1) is 0 Å². The number of fused-ring (bicyclic) bond motifs is 8. The van der Waals surface area contributed by atoms with Crippen LogP contribution >= 0.6 is 0 Å². The Hall–Kier alpha value is -5.59. The molecule has 2 aromatic heterocycles. The molecule has 414 valence electrons. The average molecular weight is 1060 g/mol. The Bertz CT molecular complexity index is 2870. The van der Waals surface area contributed by atoms with Gasteiger partial charge in [0.05, 0.1) is 61.2 Å². The van der Waals surface area contributed by atoms with Crippen molar-refractivity contribution in [2.45, 2.75) is 129 Å². The lowest BCUT2D eigenvalue weighted by Gasteiger charge is -2.38. The molecule has 3 amide bonds. The summed E-state index contributed by atoms with van der Waals surface area (Å²) in [5, 5.41) is 5.72. The summed E-state index contributed by atoms with van der Waals surface area (Å²) in [5.41, 5.74) is 11.6. The van der Waals surface area contributed by atoms with Crippen molar-refractivity contribution >= 4 is 40.3 Å². The summed E-state index contributed by atoms with van der Waals surface area (Å²) in [5.74, 6) is -0.987. The average Bonchev–Trinajstić information content (AvgIpc) is 4.22. The number of anilines is 1. The van der Waals surface area contributed by atoms with Crippen LogP contribution < -0.4 is 20.4 Å². The number of benzene rings is 2. The van der Waals surface area contributed by atoms with E-state index in [2.05, 4.69) is 94.1 Å². The Kier molecular flexibility index (Phi) is 15.2. The van der Waals surface area contributed by atoms with Crippen LogP contribution in [0, 0.1) is 23.2 Å². The highest BCUT2D eigenvalue weighted by Crippen LogP contribution is 2.44. The summed E-state index contributed by atoms with van der Waals surface area (Å²) in [6.07, 6.45) is 6.69. The second-order valence-corrected chi connectivity index (χ2v) is 24.3. The molecule has 1 saturated carbocycles. The van der Waals surface area contributed by atoms with E-state index >= 15 is 4.79 Å². The number of aryl methyl sites for hydroxylation is 1. The SMILES string of the molecule is CCn1c(-c2cc(N3CCN(C4CC4)CC3)cnc2[C@H](C)OC)c2c3cc(ccc31)-c1cc3cc(c1)OC[C@@H]1[C@H](CCN1CC1COC1)C(=O)N(C)[C@@H](C(C)C)C(=O)N[C@@H](C3)C(=O)N1CCC[C@H](N1)C(=O)OCC(C)(C)C2. The Morgan fingerprint density at radius 1 is 0.857 bits per heavy atom. The number of nitrogens with zero attached hydrogens (tertiary/aromatic N) is 7. The lowest BCUT2D eigenvalue weighted by Crippen LogP contribution is -2.62. The van der Waals surface area contributed by atoms with Gasteiger partial charge in [-0.25, -0.2) is 5.43 Å². The number of likely N-dealkylation sites (tertiary alicyclic amines) is 1. The lowest BCUT2D eigenvalue weighted by molar-refractivity contribution is -0.155. The summed E-state index contributed by atoms with van der Waals surface area (Å²) in [6.45, 7) is 20.7. The number of ether oxygens (including phenoxy) is 4. The van der Waals surface area contributed by atoms with E-state index in [1.165, 1.54) is 17.9 Å². The molecule has 8 heterocycles. The van der Waals surface area contributed by atoms with Crippen molar-refractivity contribution in [3.63, 3.8) is 0 Å². The molecule has 6 aliphatic heterocycles. The zero-order valence-corrected chi connectivity index (χ0v) is 46.6. The van der Waals surface area contributed by atoms with E-state index in [0.717, 1.165) is 101 Å². The number of methoxy groups -OCH3 is 1. The van der Waals surface area contributed by atoms with Gasteiger partial charge in [0.1, 0.15) is 30.5 Å². The van der Waals surface area contributed by atoms with Gasteiger partial charge in [-0.2, -0.15) is 0 Å². The summed E-state index contributed by atoms with van der Waals surface area (Å²) < 4.78 is 27.3. The van der Waals surface area contributed by atoms with Gasteiger partial charge in [0.25, 0.3) is 5.91 Å². The molecular formula is C60H81N9O8. The molecule has 6 atom stereocenters. The van der Waals surface area contributed by atoms with E-state index in [1.54, 1.807) is 19.1 Å². The van der Waals surface area contributed by atoms with Crippen molar-refractivity contribution in [3.8, 4) is 28.1 Å². The van der Waals surface area contributed by atoms with Crippen molar-refractivity contribution in [3.05, 3.63) is 65.5 Å². The highest BCUT2D eigenvalue weighted by atomic mass is 16.5. The molecule has 2 N–H and O–H groups in total. The van der Waals surface area contributed by atoms with Crippen LogP contribution in [0.3, 0.4) is 0 Å². The van der Waals surface area contributed by atoms with Crippen LogP contribution in [0.5, 0.6) is 5.75 Å². The molecule has 0 spiro atoms. The van der Waals surface area contributed by atoms with E-state index < -0.39 is 41.3 Å². The van der Waals surface area contributed by atoms with E-state index in [1.807, 2.05) is 26.1 Å². The molecule has 2 aromatic carbocycles. The number of carbonyl (C=O) groups is 4. The molecule has 77 heavy (non-hydrogen) atoms. The highest BCUT2D eigenvalue weighted by molar-refractivity contribution is 5.96. The molecule has 17 heteroatoms. The Balaban J connectivity index is 1.07. The number of piperazine rings is 1. The minimum Gasteiger partial charge on any atom is -0.492 e. The molecule has 8 bridgehead atoms. The Morgan fingerprint density at radius 2 is 1.65 bits per heavy atom. The number of hydrogen-bond acceptors (Lipinski definition) is 13. The second kappa shape index (κ2) is 21.9. The van der Waals surface area contributed by atoms with Gasteiger partial charge in [0, 0.05) is 100 Å². The number of cyclic esters (lactones) is 1. The number of amides is 3. The molecule has 0 radical (unpaired) electrons. The zero-order valence-electron chi connectivity index (χ0n) is 46.6. The quantitative estimate of drug-likeness (QED) is 0.181. The number of hydrazine groups is 1. The molecule has 4 aromatic rings. The maximum absolute atomic E-state index is 15.0.